The minimum Gasteiger partial charge on any atom is -0.810 e. The molecule has 0 saturated carbocycles. The largest absolute Gasteiger partial charge is 0.810 e. The van der Waals surface area contributed by atoms with E-state index in [-0.39, 0.29) is 54.4 Å². The topological polar surface area (TPSA) is 121 Å². The van der Waals surface area contributed by atoms with E-state index in [4.69, 9.17) is 27.8 Å². The second-order valence-corrected chi connectivity index (χ2v) is 14.2. The van der Waals surface area contributed by atoms with Gasteiger partial charge in [0.25, 0.3) is 0 Å². The third kappa shape index (κ3) is 6.06. The molecule has 6 unspecified atom stereocenters. The Bertz CT molecular complexity index is 1380. The van der Waals surface area contributed by atoms with Crippen molar-refractivity contribution in [2.45, 2.75) is 76.7 Å². The highest BCUT2D eigenvalue weighted by Gasteiger charge is 2.51. The summed E-state index contributed by atoms with van der Waals surface area (Å²) in [5.74, 6) is 0.413. The van der Waals surface area contributed by atoms with E-state index >= 15 is 0 Å². The average Bonchev–Trinajstić information content (AvgIpc) is 3.76. The van der Waals surface area contributed by atoms with Crippen molar-refractivity contribution in [3.8, 4) is 0 Å². The fourth-order valence-electron chi connectivity index (χ4n) is 7.17. The molecule has 6 rings (SSSR count). The number of Topliss-reactive ketones (excluding diaryl/α,β-unsaturated/α-hetero) is 1. The van der Waals surface area contributed by atoms with Gasteiger partial charge in [-0.2, -0.15) is 0 Å². The number of hydrogen-bond donors (Lipinski definition) is 0. The number of nitrogens with zero attached hydrogens (tertiary/aromatic N) is 2. The molecule has 0 radical (unpaired) electrons. The number of carbonyl (C=O) groups is 1. The molecule has 0 aromatic carbocycles. The lowest BCUT2D eigenvalue weighted by molar-refractivity contribution is -0.172. The van der Waals surface area contributed by atoms with E-state index in [0.717, 1.165) is 28.0 Å². The third-order valence-electron chi connectivity index (χ3n) is 9.72. The number of ketones is 1. The highest BCUT2D eigenvalue weighted by molar-refractivity contribution is 7.46. The van der Waals surface area contributed by atoms with E-state index in [1.165, 1.54) is 0 Å². The van der Waals surface area contributed by atoms with Gasteiger partial charge in [0, 0.05) is 44.4 Å². The Labute approximate surface area is 262 Å². The van der Waals surface area contributed by atoms with Crippen molar-refractivity contribution in [2.75, 3.05) is 27.0 Å². The zero-order valence-corrected chi connectivity index (χ0v) is 27.9. The number of rotatable bonds is 11. The van der Waals surface area contributed by atoms with Crippen LogP contribution in [0.3, 0.4) is 0 Å². The molecule has 0 N–H and O–H groups in total. The van der Waals surface area contributed by atoms with E-state index in [1.54, 1.807) is 7.11 Å². The molecule has 2 aliphatic carbocycles. The second-order valence-electron chi connectivity index (χ2n) is 12.4. The van der Waals surface area contributed by atoms with E-state index in [0.29, 0.717) is 18.7 Å². The number of aliphatic imine (C=N–C) groups is 1. The SMILES string of the molecule is COC1[C@H](C2C=Cc3c(C)ccnc32)O[C@H](COP[O-])[C@@H]1OP(C)OC[C@H]1O[C@@H](C2C=NC3=C2C=C(C)CC3=O)C(C)[C@H]1C. The number of hydrogen-bond acceptors (Lipinski definition) is 10. The van der Waals surface area contributed by atoms with Crippen molar-refractivity contribution in [1.29, 1.82) is 0 Å². The normalized spacial score (nSPS) is 37.0. The summed E-state index contributed by atoms with van der Waals surface area (Å²) in [5.41, 5.74) is 5.82. The summed E-state index contributed by atoms with van der Waals surface area (Å²) < 4.78 is 37.2. The van der Waals surface area contributed by atoms with Gasteiger partial charge in [-0.15, -0.1) is 0 Å². The first-order valence-electron chi connectivity index (χ1n) is 15.2. The molecule has 2 saturated heterocycles. The Hall–Kier alpha value is -1.71. The predicted octanol–water partition coefficient (Wildman–Crippen LogP) is 4.43. The van der Waals surface area contributed by atoms with E-state index in [9.17, 15) is 9.69 Å². The van der Waals surface area contributed by atoms with Crippen LogP contribution in [0.2, 0.25) is 0 Å². The van der Waals surface area contributed by atoms with E-state index in [2.05, 4.69) is 49.0 Å². The van der Waals surface area contributed by atoms with Crippen LogP contribution in [0.5, 0.6) is 0 Å². The highest BCUT2D eigenvalue weighted by atomic mass is 31.2. The van der Waals surface area contributed by atoms with Gasteiger partial charge in [-0.25, -0.2) is 0 Å². The van der Waals surface area contributed by atoms with Crippen molar-refractivity contribution in [1.82, 2.24) is 4.98 Å². The van der Waals surface area contributed by atoms with Crippen LogP contribution in [0, 0.1) is 24.7 Å². The lowest BCUT2D eigenvalue weighted by Crippen LogP contribution is -2.39. The minimum absolute atomic E-state index is 0.0448. The van der Waals surface area contributed by atoms with Crippen LogP contribution >= 0.6 is 17.4 Å². The fourth-order valence-corrected chi connectivity index (χ4v) is 8.42. The molecule has 3 aliphatic heterocycles. The molecule has 12 atom stereocenters. The van der Waals surface area contributed by atoms with Crippen molar-refractivity contribution in [3.63, 3.8) is 0 Å². The highest BCUT2D eigenvalue weighted by Crippen LogP contribution is 2.47. The molecule has 0 bridgehead atoms. The zero-order chi connectivity index (χ0) is 31.1. The van der Waals surface area contributed by atoms with Crippen LogP contribution in [-0.2, 0) is 32.6 Å². The average molecular weight is 644 g/mol. The standard InChI is InChI=1S/C32H41N2O8P2/c1-16-11-22-23(13-34-28(22)24(35)12-16)29-19(4)18(3)25(40-29)15-39-44(6)42-31-26(14-38-43-36)41-30(32(31)37-5)21-8-7-20-17(2)9-10-33-27(20)21/h7-11,13,18-19,21,23,25-26,29-32,43H,12,14-15H2,1-6H3/q-1/t18-,19?,21?,23?,25-,26-,29-,30+,31+,32?,44?/m1/s1. The lowest BCUT2D eigenvalue weighted by atomic mass is 9.80. The summed E-state index contributed by atoms with van der Waals surface area (Å²) in [6, 6.07) is 2.00. The van der Waals surface area contributed by atoms with Crippen LogP contribution in [0.15, 0.2) is 46.3 Å². The van der Waals surface area contributed by atoms with Gasteiger partial charge in [0.05, 0.1) is 37.2 Å². The van der Waals surface area contributed by atoms with E-state index < -0.39 is 35.7 Å². The van der Waals surface area contributed by atoms with Gasteiger partial charge in [-0.1, -0.05) is 46.7 Å². The summed E-state index contributed by atoms with van der Waals surface area (Å²) in [4.78, 5) is 32.9. The zero-order valence-electron chi connectivity index (χ0n) is 26.0. The van der Waals surface area contributed by atoms with Gasteiger partial charge in [0.1, 0.15) is 24.0 Å². The van der Waals surface area contributed by atoms with Crippen molar-refractivity contribution in [3.05, 3.63) is 58.1 Å². The quantitative estimate of drug-likeness (QED) is 0.323. The second kappa shape index (κ2) is 13.6. The van der Waals surface area contributed by atoms with Gasteiger partial charge >= 0.3 is 0 Å². The Morgan fingerprint density at radius 2 is 1.89 bits per heavy atom. The molecule has 1 aromatic rings. The summed E-state index contributed by atoms with van der Waals surface area (Å²) in [6.07, 6.45) is 8.43. The number of aryl methyl sites for hydroxylation is 1. The molecule has 0 amide bonds. The number of methoxy groups -OCH3 is 1. The van der Waals surface area contributed by atoms with Crippen LogP contribution in [0.4, 0.5) is 0 Å². The molecule has 2 fully saturated rings. The summed E-state index contributed by atoms with van der Waals surface area (Å²) in [6.45, 7) is 10.8. The smallest absolute Gasteiger partial charge is 0.185 e. The number of allylic oxidation sites excluding steroid dienone is 3. The van der Waals surface area contributed by atoms with Gasteiger partial charge in [-0.3, -0.25) is 14.8 Å². The molecule has 238 valence electrons. The third-order valence-corrected chi connectivity index (χ3v) is 11.1. The molecule has 1 aromatic heterocycles. The van der Waals surface area contributed by atoms with Crippen molar-refractivity contribution in [2.24, 2.45) is 22.7 Å². The first kappa shape index (κ1) is 32.2. The van der Waals surface area contributed by atoms with Gasteiger partial charge in [0.2, 0.25) is 0 Å². The first-order chi connectivity index (χ1) is 21.2. The van der Waals surface area contributed by atoms with Crippen LogP contribution in [-0.4, -0.2) is 80.6 Å². The molecule has 44 heavy (non-hydrogen) atoms. The first-order valence-corrected chi connectivity index (χ1v) is 17.6. The number of aromatic nitrogens is 1. The maximum absolute atomic E-state index is 12.5. The molecule has 10 nitrogen and oxygen atoms in total. The molecular weight excluding hydrogens is 602 g/mol. The Kier molecular flexibility index (Phi) is 9.94. The van der Waals surface area contributed by atoms with Gasteiger partial charge in [0.15, 0.2) is 14.2 Å². The molecule has 5 aliphatic rings. The maximum atomic E-state index is 12.5. The maximum Gasteiger partial charge on any atom is 0.185 e. The number of ether oxygens (including phenoxy) is 3. The van der Waals surface area contributed by atoms with Crippen molar-refractivity contribution < 1.29 is 37.5 Å². The molecule has 12 heteroatoms. The number of carbonyl (C=O) groups excluding carboxylic acids is 1. The van der Waals surface area contributed by atoms with Gasteiger partial charge < -0.3 is 32.7 Å². The molecule has 4 heterocycles. The van der Waals surface area contributed by atoms with Crippen LogP contribution < -0.4 is 4.89 Å². The predicted molar refractivity (Wildman–Crippen MR) is 168 cm³/mol. The van der Waals surface area contributed by atoms with Crippen LogP contribution in [0.1, 0.15) is 49.9 Å². The Balaban J connectivity index is 1.10. The minimum atomic E-state index is -1.35. The summed E-state index contributed by atoms with van der Waals surface area (Å²) >= 11 is 0. The van der Waals surface area contributed by atoms with Gasteiger partial charge in [-0.05, 0) is 48.4 Å². The molecular formula is C32H41N2O8P2-. The van der Waals surface area contributed by atoms with E-state index in [1.807, 2.05) is 32.1 Å². The fraction of sp³-hybridized carbons (Fsp3) is 0.594. The monoisotopic (exact) mass is 643 g/mol. The summed E-state index contributed by atoms with van der Waals surface area (Å²) in [5, 5.41) is 0. The molecule has 0 spiro atoms. The lowest BCUT2D eigenvalue weighted by Gasteiger charge is -2.28. The Morgan fingerprint density at radius 3 is 2.66 bits per heavy atom. The van der Waals surface area contributed by atoms with Crippen molar-refractivity contribution >= 4 is 35.5 Å². The van der Waals surface area contributed by atoms with Crippen LogP contribution in [0.25, 0.3) is 6.08 Å². The number of pyridine rings is 1. The number of fused-ring (bicyclic) bond motifs is 1. The summed E-state index contributed by atoms with van der Waals surface area (Å²) in [7, 11) is -0.602. The Morgan fingerprint density at radius 1 is 1.09 bits per heavy atom.